The van der Waals surface area contributed by atoms with Crippen molar-refractivity contribution >= 4 is 28.5 Å². The minimum atomic E-state index is -5.83. The summed E-state index contributed by atoms with van der Waals surface area (Å²) in [6, 6.07) is 19.7. The summed E-state index contributed by atoms with van der Waals surface area (Å²) in [5, 5.41) is 8.10. The predicted molar refractivity (Wildman–Crippen MR) is 162 cm³/mol. The molecule has 4 aromatic rings. The number of hydrogen-bond acceptors (Lipinski definition) is 7. The summed E-state index contributed by atoms with van der Waals surface area (Å²) in [5.41, 5.74) is 3.87. The maximum absolute atomic E-state index is 13.1. The van der Waals surface area contributed by atoms with Crippen LogP contribution in [0.15, 0.2) is 96.5 Å². The van der Waals surface area contributed by atoms with Crippen LogP contribution in [0.4, 0.5) is 27.6 Å². The third kappa shape index (κ3) is 7.17. The van der Waals surface area contributed by atoms with Gasteiger partial charge in [0.1, 0.15) is 17.9 Å². The number of aromatic nitrogens is 3. The highest BCUT2D eigenvalue weighted by molar-refractivity contribution is 8.15. The van der Waals surface area contributed by atoms with Crippen LogP contribution in [-0.4, -0.2) is 43.9 Å². The van der Waals surface area contributed by atoms with Gasteiger partial charge in [0.15, 0.2) is 11.0 Å². The Balaban J connectivity index is 1.20. The van der Waals surface area contributed by atoms with E-state index in [-0.39, 0.29) is 11.8 Å². The predicted octanol–water partition coefficient (Wildman–Crippen LogP) is 7.29. The minimum Gasteiger partial charge on any atom is -0.426 e. The van der Waals surface area contributed by atoms with Crippen LogP contribution >= 0.6 is 11.8 Å². The number of nitrogens with zero attached hydrogens (tertiary/aromatic N) is 5. The first-order valence-corrected chi connectivity index (χ1v) is 14.6. The van der Waals surface area contributed by atoms with Crippen LogP contribution in [0.3, 0.4) is 0 Å². The zero-order valence-electron chi connectivity index (χ0n) is 24.1. The molecule has 14 heteroatoms. The molecular formula is C31H27F5N6O2S. The molecule has 5 rings (SSSR count). The molecule has 0 atom stereocenters. The number of anilines is 1. The van der Waals surface area contributed by atoms with Gasteiger partial charge in [0.05, 0.1) is 17.1 Å². The van der Waals surface area contributed by atoms with Crippen molar-refractivity contribution in [3.05, 3.63) is 103 Å². The zero-order valence-corrected chi connectivity index (χ0v) is 24.9. The van der Waals surface area contributed by atoms with Gasteiger partial charge in [0.2, 0.25) is 5.91 Å². The maximum atomic E-state index is 13.1. The first-order valence-electron chi connectivity index (χ1n) is 13.6. The molecule has 45 heavy (non-hydrogen) atoms. The number of benzene rings is 3. The lowest BCUT2D eigenvalue weighted by atomic mass is 10.0. The fourth-order valence-electron chi connectivity index (χ4n) is 4.38. The summed E-state index contributed by atoms with van der Waals surface area (Å²) in [6.45, 7) is 8.58. The number of alkyl halides is 5. The van der Waals surface area contributed by atoms with Gasteiger partial charge in [0, 0.05) is 12.1 Å². The van der Waals surface area contributed by atoms with Crippen molar-refractivity contribution in [1.82, 2.24) is 20.1 Å². The first kappa shape index (κ1) is 31.7. The van der Waals surface area contributed by atoms with Crippen LogP contribution in [0.5, 0.6) is 5.75 Å². The Morgan fingerprint density at radius 2 is 1.73 bits per heavy atom. The Morgan fingerprint density at radius 1 is 1.04 bits per heavy atom. The van der Waals surface area contributed by atoms with E-state index in [0.717, 1.165) is 28.9 Å². The fourth-order valence-corrected chi connectivity index (χ4v) is 5.27. The maximum Gasteiger partial charge on any atom is 0.499 e. The first-order chi connectivity index (χ1) is 21.3. The molecule has 8 nitrogen and oxygen atoms in total. The Morgan fingerprint density at radius 3 is 2.40 bits per heavy atom. The molecule has 234 valence electrons. The Labute approximate surface area is 259 Å². The molecule has 0 saturated carbocycles. The standard InChI is InChI=1S/C31H27F5N6O2S/c1-19(2)25-6-4-5-7-26(25)42-27(43)17-45-29(42)39-20(3)37-16-21-8-10-22(11-9-21)28-38-18-41(40-28)23-12-14-24(15-13-23)44-31(35,36)30(32,33)34/h4-15,18-19,37H,3,16-17H2,1-2H3/b39-29-. The topological polar surface area (TPSA) is 84.6 Å². The minimum absolute atomic E-state index is 0.0390. The van der Waals surface area contributed by atoms with Crippen LogP contribution in [-0.2, 0) is 11.3 Å². The Bertz CT molecular complexity index is 1720. The molecule has 0 radical (unpaired) electrons. The van der Waals surface area contributed by atoms with Crippen molar-refractivity contribution in [2.24, 2.45) is 4.99 Å². The number of amidine groups is 1. The molecule has 0 bridgehead atoms. The van der Waals surface area contributed by atoms with Crippen LogP contribution in [0.25, 0.3) is 17.1 Å². The number of ether oxygens (including phenoxy) is 1. The number of amides is 1. The van der Waals surface area contributed by atoms with E-state index in [9.17, 15) is 26.7 Å². The van der Waals surface area contributed by atoms with Crippen molar-refractivity contribution in [3.8, 4) is 22.8 Å². The number of thioether (sulfide) groups is 1. The monoisotopic (exact) mass is 642 g/mol. The zero-order chi connectivity index (χ0) is 32.4. The molecule has 0 aliphatic carbocycles. The summed E-state index contributed by atoms with van der Waals surface area (Å²) in [4.78, 5) is 23.2. The quantitative estimate of drug-likeness (QED) is 0.183. The van der Waals surface area contributed by atoms with Gasteiger partial charge >= 0.3 is 12.3 Å². The molecular weight excluding hydrogens is 615 g/mol. The van der Waals surface area contributed by atoms with E-state index in [1.54, 1.807) is 4.90 Å². The molecule has 1 aliphatic heterocycles. The molecule has 1 saturated heterocycles. The van der Waals surface area contributed by atoms with Gasteiger partial charge in [0.25, 0.3) is 0 Å². The van der Waals surface area contributed by atoms with Gasteiger partial charge in [-0.15, -0.1) is 5.10 Å². The molecule has 2 heterocycles. The van der Waals surface area contributed by atoms with E-state index in [1.165, 1.54) is 34.9 Å². The largest absolute Gasteiger partial charge is 0.499 e. The van der Waals surface area contributed by atoms with Crippen LogP contribution in [0, 0.1) is 0 Å². The van der Waals surface area contributed by atoms with Crippen molar-refractivity contribution in [3.63, 3.8) is 0 Å². The number of halogens is 5. The lowest BCUT2D eigenvalue weighted by molar-refractivity contribution is -0.360. The molecule has 3 aromatic carbocycles. The summed E-state index contributed by atoms with van der Waals surface area (Å²) in [5.74, 6) is 0.617. The second kappa shape index (κ2) is 12.7. The van der Waals surface area contributed by atoms with Crippen molar-refractivity contribution in [2.45, 2.75) is 38.6 Å². The number of aliphatic imine (C=N–C) groups is 1. The van der Waals surface area contributed by atoms with E-state index >= 15 is 0 Å². The molecule has 1 aliphatic rings. The van der Waals surface area contributed by atoms with E-state index in [1.807, 2.05) is 48.5 Å². The average molecular weight is 643 g/mol. The lowest BCUT2D eigenvalue weighted by Gasteiger charge is -2.21. The van der Waals surface area contributed by atoms with Crippen LogP contribution in [0.1, 0.15) is 30.9 Å². The van der Waals surface area contributed by atoms with E-state index < -0.39 is 18.0 Å². The number of carbonyl (C=O) groups is 1. The molecule has 1 aromatic heterocycles. The highest BCUT2D eigenvalue weighted by Crippen LogP contribution is 2.37. The molecule has 1 fully saturated rings. The van der Waals surface area contributed by atoms with Crippen LogP contribution < -0.4 is 15.0 Å². The van der Waals surface area contributed by atoms with Gasteiger partial charge in [-0.1, -0.05) is 74.7 Å². The second-order valence-corrected chi connectivity index (χ2v) is 11.2. The Hall–Kier alpha value is -4.72. The number of para-hydroxylation sites is 1. The normalized spacial score (nSPS) is 14.8. The van der Waals surface area contributed by atoms with Crippen molar-refractivity contribution < 1.29 is 31.5 Å². The molecule has 0 spiro atoms. The van der Waals surface area contributed by atoms with Gasteiger partial charge < -0.3 is 10.1 Å². The highest BCUT2D eigenvalue weighted by atomic mass is 32.2. The smallest absolute Gasteiger partial charge is 0.426 e. The number of nitrogens with one attached hydrogen (secondary N) is 1. The summed E-state index contributed by atoms with van der Waals surface area (Å²) in [6.07, 6.45) is -9.75. The third-order valence-corrected chi connectivity index (χ3v) is 7.60. The summed E-state index contributed by atoms with van der Waals surface area (Å²) < 4.78 is 68.6. The van der Waals surface area contributed by atoms with Crippen LogP contribution in [0.2, 0.25) is 0 Å². The van der Waals surface area contributed by atoms with E-state index in [4.69, 9.17) is 0 Å². The number of carbonyl (C=O) groups excluding carboxylic acids is 1. The van der Waals surface area contributed by atoms with Gasteiger partial charge in [-0.25, -0.2) is 14.7 Å². The molecule has 0 unspecified atom stereocenters. The van der Waals surface area contributed by atoms with Gasteiger partial charge in [-0.3, -0.25) is 9.69 Å². The summed E-state index contributed by atoms with van der Waals surface area (Å²) in [7, 11) is 0. The third-order valence-electron chi connectivity index (χ3n) is 6.67. The van der Waals surface area contributed by atoms with Crippen molar-refractivity contribution in [1.29, 1.82) is 0 Å². The second-order valence-electron chi connectivity index (χ2n) is 10.2. The van der Waals surface area contributed by atoms with Crippen molar-refractivity contribution in [2.75, 3.05) is 10.7 Å². The highest BCUT2D eigenvalue weighted by Gasteiger charge is 2.61. The average Bonchev–Trinajstić information content (AvgIpc) is 3.63. The molecule has 1 N–H and O–H groups in total. The number of hydrogen-bond donors (Lipinski definition) is 1. The van der Waals surface area contributed by atoms with Gasteiger partial charge in [-0.2, -0.15) is 22.0 Å². The fraction of sp³-hybridized carbons (Fsp3) is 0.226. The van der Waals surface area contributed by atoms with E-state index in [2.05, 4.69) is 45.6 Å². The molecule has 1 amide bonds. The lowest BCUT2D eigenvalue weighted by Crippen LogP contribution is -2.41. The SMILES string of the molecule is C=C(/N=C1\SCC(=O)N1c1ccccc1C(C)C)NCc1ccc(-c2ncn(-c3ccc(OC(F)(F)C(F)(F)F)cc3)n2)cc1. The Kier molecular flexibility index (Phi) is 8.96. The van der Waals surface area contributed by atoms with Gasteiger partial charge in [-0.05, 0) is 47.4 Å². The number of rotatable bonds is 10. The van der Waals surface area contributed by atoms with E-state index in [0.29, 0.717) is 40.4 Å². The summed E-state index contributed by atoms with van der Waals surface area (Å²) >= 11 is 1.36.